The van der Waals surface area contributed by atoms with Crippen LogP contribution in [0.15, 0.2) is 223 Å². The first kappa shape index (κ1) is 34.2. The molecule has 0 N–H and O–H groups in total. The van der Waals surface area contributed by atoms with Crippen LogP contribution in [0.4, 0.5) is 0 Å². The van der Waals surface area contributed by atoms with Crippen molar-refractivity contribution in [1.29, 1.82) is 0 Å². The van der Waals surface area contributed by atoms with Crippen LogP contribution in [-0.2, 0) is 5.41 Å². The molecule has 0 radical (unpaired) electrons. The van der Waals surface area contributed by atoms with Gasteiger partial charge in [-0.1, -0.05) is 182 Å². The topological polar surface area (TPSA) is 38.9 Å². The van der Waals surface area contributed by atoms with Gasteiger partial charge in [0.2, 0.25) is 0 Å². The van der Waals surface area contributed by atoms with Gasteiger partial charge in [-0.3, -0.25) is 0 Å². The molecule has 0 amide bonds. The van der Waals surface area contributed by atoms with Crippen molar-refractivity contribution in [3.05, 3.63) is 241 Å². The zero-order valence-electron chi connectivity index (χ0n) is 32.6. The number of nitrogens with zero attached hydrogens (tertiary/aromatic N) is 2. The summed E-state index contributed by atoms with van der Waals surface area (Å²) in [7, 11) is 0. The number of aromatic nitrogens is 2. The average molecular weight is 765 g/mol. The molecule has 280 valence electrons. The first-order chi connectivity index (χ1) is 29.8. The van der Waals surface area contributed by atoms with E-state index in [4.69, 9.17) is 14.4 Å². The Bertz CT molecular complexity index is 3380. The molecule has 1 aliphatic carbocycles. The Morgan fingerprint density at radius 1 is 0.333 bits per heavy atom. The van der Waals surface area contributed by atoms with Crippen LogP contribution in [-0.4, -0.2) is 9.97 Å². The summed E-state index contributed by atoms with van der Waals surface area (Å²) in [5.41, 5.74) is 16.0. The highest BCUT2D eigenvalue weighted by atomic mass is 16.3. The summed E-state index contributed by atoms with van der Waals surface area (Å²) in [6.07, 6.45) is 0. The average Bonchev–Trinajstić information content (AvgIpc) is 3.86. The Kier molecular flexibility index (Phi) is 7.76. The Morgan fingerprint density at radius 3 is 1.63 bits per heavy atom. The fourth-order valence-electron chi connectivity index (χ4n) is 9.80. The second kappa shape index (κ2) is 13.6. The first-order valence-electron chi connectivity index (χ1n) is 20.5. The molecular formula is C57H36N2O. The summed E-state index contributed by atoms with van der Waals surface area (Å²) in [5.74, 6) is 0.682. The minimum absolute atomic E-state index is 0.478. The smallest absolute Gasteiger partial charge is 0.161 e. The van der Waals surface area contributed by atoms with Crippen LogP contribution in [0.2, 0.25) is 0 Å². The summed E-state index contributed by atoms with van der Waals surface area (Å²) >= 11 is 0. The van der Waals surface area contributed by atoms with Gasteiger partial charge < -0.3 is 4.42 Å². The highest BCUT2D eigenvalue weighted by Gasteiger charge is 2.46. The van der Waals surface area contributed by atoms with Gasteiger partial charge in [-0.05, 0) is 91.7 Å². The van der Waals surface area contributed by atoms with Crippen molar-refractivity contribution in [3.63, 3.8) is 0 Å². The van der Waals surface area contributed by atoms with Gasteiger partial charge in [0.1, 0.15) is 11.2 Å². The van der Waals surface area contributed by atoms with Gasteiger partial charge in [-0.15, -0.1) is 0 Å². The number of benzene rings is 9. The van der Waals surface area contributed by atoms with Crippen molar-refractivity contribution in [3.8, 4) is 56.2 Å². The maximum atomic E-state index is 6.20. The molecule has 0 spiro atoms. The molecule has 0 aliphatic heterocycles. The van der Waals surface area contributed by atoms with E-state index in [1.165, 1.54) is 44.5 Å². The molecular weight excluding hydrogens is 729 g/mol. The lowest BCUT2D eigenvalue weighted by atomic mass is 9.67. The molecule has 3 heteroatoms. The van der Waals surface area contributed by atoms with Gasteiger partial charge in [0.15, 0.2) is 5.82 Å². The number of rotatable bonds is 6. The predicted molar refractivity (Wildman–Crippen MR) is 246 cm³/mol. The molecule has 12 rings (SSSR count). The standard InChI is InChI=1S/C57H36N2O/c1-4-17-37(18-5-1)51-36-52(38-31-34-54-48(35-38)44-25-13-15-30-53(44)60-54)59-56(58-51)46-33-32-43(41-23-10-11-24-42(41)46)45-27-16-29-50-55(45)47-26-12-14-28-49(47)57(50,39-19-6-2-7-20-39)40-21-8-3-9-22-40/h1-36H. The largest absolute Gasteiger partial charge is 0.456 e. The minimum atomic E-state index is -0.478. The van der Waals surface area contributed by atoms with Crippen LogP contribution in [0.1, 0.15) is 22.3 Å². The molecule has 60 heavy (non-hydrogen) atoms. The van der Waals surface area contributed by atoms with Crippen molar-refractivity contribution >= 4 is 32.7 Å². The lowest BCUT2D eigenvalue weighted by Crippen LogP contribution is -2.28. The summed E-state index contributed by atoms with van der Waals surface area (Å²) < 4.78 is 6.20. The van der Waals surface area contributed by atoms with Gasteiger partial charge >= 0.3 is 0 Å². The van der Waals surface area contributed by atoms with Gasteiger partial charge in [-0.25, -0.2) is 9.97 Å². The molecule has 2 heterocycles. The Morgan fingerprint density at radius 2 is 0.883 bits per heavy atom. The van der Waals surface area contributed by atoms with Gasteiger partial charge in [0.25, 0.3) is 0 Å². The van der Waals surface area contributed by atoms with Crippen LogP contribution in [0, 0.1) is 0 Å². The van der Waals surface area contributed by atoms with E-state index in [0.29, 0.717) is 5.82 Å². The predicted octanol–water partition coefficient (Wildman–Crippen LogP) is 14.6. The van der Waals surface area contributed by atoms with E-state index >= 15 is 0 Å². The van der Waals surface area contributed by atoms with Crippen molar-refractivity contribution in [2.24, 2.45) is 0 Å². The second-order valence-corrected chi connectivity index (χ2v) is 15.6. The highest BCUT2D eigenvalue weighted by Crippen LogP contribution is 2.58. The summed E-state index contributed by atoms with van der Waals surface area (Å²) in [4.78, 5) is 10.7. The Balaban J connectivity index is 1.08. The van der Waals surface area contributed by atoms with E-state index in [-0.39, 0.29) is 0 Å². The summed E-state index contributed by atoms with van der Waals surface area (Å²) in [5, 5.41) is 4.41. The number of hydrogen-bond donors (Lipinski definition) is 0. The molecule has 0 fully saturated rings. The zero-order chi connectivity index (χ0) is 39.6. The number of furan rings is 1. The molecule has 0 bridgehead atoms. The lowest BCUT2D eigenvalue weighted by molar-refractivity contribution is 0.669. The molecule has 2 aromatic heterocycles. The van der Waals surface area contributed by atoms with Crippen molar-refractivity contribution in [2.45, 2.75) is 5.41 Å². The monoisotopic (exact) mass is 764 g/mol. The summed E-state index contributed by atoms with van der Waals surface area (Å²) in [6, 6.07) is 78.1. The van der Waals surface area contributed by atoms with Gasteiger partial charge in [0.05, 0.1) is 16.8 Å². The van der Waals surface area contributed by atoms with Crippen molar-refractivity contribution in [2.75, 3.05) is 0 Å². The van der Waals surface area contributed by atoms with Crippen molar-refractivity contribution in [1.82, 2.24) is 9.97 Å². The first-order valence-corrected chi connectivity index (χ1v) is 20.5. The van der Waals surface area contributed by atoms with Crippen LogP contribution in [0.25, 0.3) is 88.9 Å². The Labute approximate surface area is 347 Å². The maximum Gasteiger partial charge on any atom is 0.161 e. The third-order valence-corrected chi connectivity index (χ3v) is 12.4. The molecule has 9 aromatic carbocycles. The molecule has 1 aliphatic rings. The van der Waals surface area contributed by atoms with Crippen LogP contribution >= 0.6 is 0 Å². The highest BCUT2D eigenvalue weighted by molar-refractivity contribution is 6.09. The number of hydrogen-bond acceptors (Lipinski definition) is 3. The maximum absolute atomic E-state index is 6.20. The number of fused-ring (bicyclic) bond motifs is 7. The molecule has 0 unspecified atom stereocenters. The normalized spacial score (nSPS) is 12.8. The lowest BCUT2D eigenvalue weighted by Gasteiger charge is -2.34. The van der Waals surface area contributed by atoms with E-state index in [1.54, 1.807) is 0 Å². The van der Waals surface area contributed by atoms with E-state index in [0.717, 1.165) is 60.8 Å². The number of para-hydroxylation sites is 1. The second-order valence-electron chi connectivity index (χ2n) is 15.6. The fraction of sp³-hybridized carbons (Fsp3) is 0.0175. The van der Waals surface area contributed by atoms with Crippen LogP contribution in [0.5, 0.6) is 0 Å². The van der Waals surface area contributed by atoms with Crippen LogP contribution in [0.3, 0.4) is 0 Å². The van der Waals surface area contributed by atoms with Gasteiger partial charge in [-0.2, -0.15) is 0 Å². The molecule has 11 aromatic rings. The summed E-state index contributed by atoms with van der Waals surface area (Å²) in [6.45, 7) is 0. The van der Waals surface area contributed by atoms with E-state index in [9.17, 15) is 0 Å². The third-order valence-electron chi connectivity index (χ3n) is 12.4. The van der Waals surface area contributed by atoms with Crippen molar-refractivity contribution < 1.29 is 4.42 Å². The van der Waals surface area contributed by atoms with Crippen LogP contribution < -0.4 is 0 Å². The van der Waals surface area contributed by atoms with E-state index in [2.05, 4.69) is 200 Å². The molecule has 0 saturated heterocycles. The van der Waals surface area contributed by atoms with Gasteiger partial charge in [0, 0.05) is 27.5 Å². The molecule has 0 atom stereocenters. The SMILES string of the molecule is c1ccc(-c2cc(-c3ccc4oc5ccccc5c4c3)nc(-c3ccc(-c4cccc5c4-c4ccccc4C5(c4ccccc4)c4ccccc4)c4ccccc34)n2)cc1. The minimum Gasteiger partial charge on any atom is -0.456 e. The molecule has 3 nitrogen and oxygen atoms in total. The van der Waals surface area contributed by atoms with E-state index in [1.807, 2.05) is 18.2 Å². The third kappa shape index (κ3) is 5.16. The fourth-order valence-corrected chi connectivity index (χ4v) is 9.80. The zero-order valence-corrected chi connectivity index (χ0v) is 32.6. The van der Waals surface area contributed by atoms with E-state index < -0.39 is 5.41 Å². The quantitative estimate of drug-likeness (QED) is 0.169. The molecule has 0 saturated carbocycles. The Hall–Kier alpha value is -7.88.